The maximum Gasteiger partial charge on any atom is 0.253 e. The number of amides is 2. The van der Waals surface area contributed by atoms with Crippen LogP contribution in [0, 0.1) is 0 Å². The maximum atomic E-state index is 12.4. The number of nitrogens with one attached hydrogen (secondary N) is 2. The van der Waals surface area contributed by atoms with Crippen molar-refractivity contribution in [3.63, 3.8) is 0 Å². The van der Waals surface area contributed by atoms with Gasteiger partial charge in [0.25, 0.3) is 5.91 Å². The number of ether oxygens (including phenoxy) is 3. The largest absolute Gasteiger partial charge is 0.493 e. The molecule has 2 aromatic rings. The van der Waals surface area contributed by atoms with Crippen molar-refractivity contribution in [3.05, 3.63) is 53.6 Å². The second-order valence-corrected chi connectivity index (χ2v) is 6.39. The summed E-state index contributed by atoms with van der Waals surface area (Å²) in [6, 6.07) is 12.5. The number of benzene rings is 2. The molecule has 7 heteroatoms. The van der Waals surface area contributed by atoms with Crippen LogP contribution >= 0.6 is 0 Å². The molecule has 7 nitrogen and oxygen atoms in total. The highest BCUT2D eigenvalue weighted by atomic mass is 16.5. The standard InChI is InChI=1S/C22H28N2O5/c1-27-14-6-13-23-22(26)17-7-4-5-8-18(17)24-21(25)12-10-16-9-11-19(28-2)20(15-16)29-3/h4-5,7-9,11,15H,6,10,12-14H2,1-3H3,(H,23,26)(H,24,25). The number of carbonyl (C=O) groups excluding carboxylic acids is 2. The number of rotatable bonds is 11. The lowest BCUT2D eigenvalue weighted by atomic mass is 10.1. The van der Waals surface area contributed by atoms with Crippen LogP contribution in [0.4, 0.5) is 5.69 Å². The third-order valence-corrected chi connectivity index (χ3v) is 4.35. The molecule has 156 valence electrons. The molecule has 0 radical (unpaired) electrons. The predicted molar refractivity (Wildman–Crippen MR) is 112 cm³/mol. The Hall–Kier alpha value is -3.06. The Morgan fingerprint density at radius 3 is 2.45 bits per heavy atom. The highest BCUT2D eigenvalue weighted by Gasteiger charge is 2.13. The van der Waals surface area contributed by atoms with Crippen LogP contribution in [-0.4, -0.2) is 46.3 Å². The number of para-hydroxylation sites is 1. The lowest BCUT2D eigenvalue weighted by Crippen LogP contribution is -2.26. The molecule has 0 spiro atoms. The van der Waals surface area contributed by atoms with Gasteiger partial charge in [-0.15, -0.1) is 0 Å². The van der Waals surface area contributed by atoms with Gasteiger partial charge in [0, 0.05) is 26.7 Å². The molecule has 2 aromatic carbocycles. The van der Waals surface area contributed by atoms with Crippen molar-refractivity contribution < 1.29 is 23.8 Å². The summed E-state index contributed by atoms with van der Waals surface area (Å²) in [5.74, 6) is 0.878. The van der Waals surface area contributed by atoms with Gasteiger partial charge < -0.3 is 24.8 Å². The van der Waals surface area contributed by atoms with E-state index >= 15 is 0 Å². The summed E-state index contributed by atoms with van der Waals surface area (Å²) in [5, 5.41) is 5.67. The minimum absolute atomic E-state index is 0.167. The summed E-state index contributed by atoms with van der Waals surface area (Å²) >= 11 is 0. The van der Waals surface area contributed by atoms with E-state index in [1.165, 1.54) is 0 Å². The van der Waals surface area contributed by atoms with Crippen molar-refractivity contribution >= 4 is 17.5 Å². The predicted octanol–water partition coefficient (Wildman–Crippen LogP) is 3.04. The fourth-order valence-electron chi connectivity index (χ4n) is 2.81. The Labute approximate surface area is 171 Å². The molecule has 0 bridgehead atoms. The molecule has 2 N–H and O–H groups in total. The van der Waals surface area contributed by atoms with E-state index in [0.717, 1.165) is 12.0 Å². The normalized spacial score (nSPS) is 10.3. The fraction of sp³-hybridized carbons (Fsp3) is 0.364. The Bertz CT molecular complexity index is 823. The second kappa shape index (κ2) is 11.7. The molecular formula is C22H28N2O5. The van der Waals surface area contributed by atoms with Gasteiger partial charge in [-0.2, -0.15) is 0 Å². The third kappa shape index (κ3) is 6.80. The first-order chi connectivity index (χ1) is 14.1. The zero-order valence-electron chi connectivity index (χ0n) is 17.1. The molecular weight excluding hydrogens is 372 g/mol. The van der Waals surface area contributed by atoms with E-state index in [4.69, 9.17) is 14.2 Å². The van der Waals surface area contributed by atoms with Crippen molar-refractivity contribution in [1.82, 2.24) is 5.32 Å². The summed E-state index contributed by atoms with van der Waals surface area (Å²) in [4.78, 5) is 24.8. The lowest BCUT2D eigenvalue weighted by molar-refractivity contribution is -0.116. The molecule has 0 saturated heterocycles. The van der Waals surface area contributed by atoms with E-state index < -0.39 is 0 Å². The average Bonchev–Trinajstić information content (AvgIpc) is 2.75. The number of hydrogen-bond acceptors (Lipinski definition) is 5. The summed E-state index contributed by atoms with van der Waals surface area (Å²) in [5.41, 5.74) is 1.89. The second-order valence-electron chi connectivity index (χ2n) is 6.39. The summed E-state index contributed by atoms with van der Waals surface area (Å²) in [7, 11) is 4.77. The summed E-state index contributed by atoms with van der Waals surface area (Å²) < 4.78 is 15.5. The third-order valence-electron chi connectivity index (χ3n) is 4.35. The van der Waals surface area contributed by atoms with E-state index in [2.05, 4.69) is 10.6 Å². The fourth-order valence-corrected chi connectivity index (χ4v) is 2.81. The zero-order chi connectivity index (χ0) is 21.1. The van der Waals surface area contributed by atoms with Crippen LogP contribution in [0.15, 0.2) is 42.5 Å². The number of hydrogen-bond donors (Lipinski definition) is 2. The molecule has 0 aromatic heterocycles. The van der Waals surface area contributed by atoms with E-state index in [1.807, 2.05) is 18.2 Å². The van der Waals surface area contributed by atoms with Gasteiger partial charge in [-0.25, -0.2) is 0 Å². The number of methoxy groups -OCH3 is 3. The van der Waals surface area contributed by atoms with E-state index in [1.54, 1.807) is 45.6 Å². The van der Waals surface area contributed by atoms with Crippen molar-refractivity contribution in [1.29, 1.82) is 0 Å². The van der Waals surface area contributed by atoms with E-state index in [9.17, 15) is 9.59 Å². The molecule has 0 atom stereocenters. The Morgan fingerprint density at radius 2 is 1.72 bits per heavy atom. The van der Waals surface area contributed by atoms with Crippen LogP contribution in [0.1, 0.15) is 28.8 Å². The Kier molecular flexibility index (Phi) is 8.98. The van der Waals surface area contributed by atoms with Crippen LogP contribution in [0.2, 0.25) is 0 Å². The molecule has 0 aliphatic rings. The molecule has 2 rings (SSSR count). The zero-order valence-corrected chi connectivity index (χ0v) is 17.1. The van der Waals surface area contributed by atoms with Gasteiger partial charge in [0.1, 0.15) is 0 Å². The Morgan fingerprint density at radius 1 is 0.966 bits per heavy atom. The summed E-state index contributed by atoms with van der Waals surface area (Å²) in [6.45, 7) is 1.09. The van der Waals surface area contributed by atoms with Crippen LogP contribution in [-0.2, 0) is 16.0 Å². The molecule has 0 fully saturated rings. The van der Waals surface area contributed by atoms with Gasteiger partial charge in [-0.1, -0.05) is 18.2 Å². The van der Waals surface area contributed by atoms with Crippen molar-refractivity contribution in [3.8, 4) is 11.5 Å². The van der Waals surface area contributed by atoms with Crippen LogP contribution in [0.25, 0.3) is 0 Å². The van der Waals surface area contributed by atoms with Crippen molar-refractivity contribution in [2.24, 2.45) is 0 Å². The highest BCUT2D eigenvalue weighted by molar-refractivity contribution is 6.03. The van der Waals surface area contributed by atoms with Gasteiger partial charge >= 0.3 is 0 Å². The first-order valence-corrected chi connectivity index (χ1v) is 9.46. The van der Waals surface area contributed by atoms with Crippen molar-refractivity contribution in [2.45, 2.75) is 19.3 Å². The lowest BCUT2D eigenvalue weighted by Gasteiger charge is -2.12. The minimum Gasteiger partial charge on any atom is -0.493 e. The van der Waals surface area contributed by atoms with E-state index in [0.29, 0.717) is 42.3 Å². The smallest absolute Gasteiger partial charge is 0.253 e. The monoisotopic (exact) mass is 400 g/mol. The van der Waals surface area contributed by atoms with Gasteiger partial charge in [-0.3, -0.25) is 9.59 Å². The molecule has 0 heterocycles. The first kappa shape index (κ1) is 22.2. The minimum atomic E-state index is -0.225. The molecule has 29 heavy (non-hydrogen) atoms. The number of anilines is 1. The molecule has 0 aliphatic carbocycles. The molecule has 0 aliphatic heterocycles. The van der Waals surface area contributed by atoms with Crippen molar-refractivity contribution in [2.75, 3.05) is 39.8 Å². The summed E-state index contributed by atoms with van der Waals surface area (Å²) in [6.07, 6.45) is 1.54. The van der Waals surface area contributed by atoms with Crippen LogP contribution < -0.4 is 20.1 Å². The molecule has 0 unspecified atom stereocenters. The number of aryl methyl sites for hydroxylation is 1. The SMILES string of the molecule is COCCCNC(=O)c1ccccc1NC(=O)CCc1ccc(OC)c(OC)c1. The van der Waals surface area contributed by atoms with Gasteiger partial charge in [0.2, 0.25) is 5.91 Å². The quantitative estimate of drug-likeness (QED) is 0.566. The van der Waals surface area contributed by atoms with Gasteiger partial charge in [0.05, 0.1) is 25.5 Å². The Balaban J connectivity index is 1.94. The molecule has 0 saturated carbocycles. The van der Waals surface area contributed by atoms with Crippen LogP contribution in [0.5, 0.6) is 11.5 Å². The maximum absolute atomic E-state index is 12.4. The highest BCUT2D eigenvalue weighted by Crippen LogP contribution is 2.28. The topological polar surface area (TPSA) is 85.9 Å². The number of carbonyl (C=O) groups is 2. The first-order valence-electron chi connectivity index (χ1n) is 9.46. The van der Waals surface area contributed by atoms with Gasteiger partial charge in [-0.05, 0) is 42.7 Å². The molecule has 2 amide bonds. The van der Waals surface area contributed by atoms with Crippen LogP contribution in [0.3, 0.4) is 0 Å². The van der Waals surface area contributed by atoms with Gasteiger partial charge in [0.15, 0.2) is 11.5 Å². The average molecular weight is 400 g/mol. The van der Waals surface area contributed by atoms with E-state index in [-0.39, 0.29) is 18.2 Å².